The predicted molar refractivity (Wildman–Crippen MR) is 102 cm³/mol. The van der Waals surface area contributed by atoms with Gasteiger partial charge in [0.15, 0.2) is 0 Å². The highest BCUT2D eigenvalue weighted by Gasteiger charge is 2.27. The zero-order chi connectivity index (χ0) is 18.6. The summed E-state index contributed by atoms with van der Waals surface area (Å²) in [5.41, 5.74) is 0.730. The minimum atomic E-state index is -0.508. The van der Waals surface area contributed by atoms with Crippen LogP contribution in [0.2, 0.25) is 0 Å². The smallest absolute Gasteiger partial charge is 0.415 e. The number of hydrogen-bond acceptors (Lipinski definition) is 4. The SMILES string of the molecule is CCN(C(=O)OC(C)(C)C)c1ccc([C@@H]2CCCN2CC(C)C)cn1. The van der Waals surface area contributed by atoms with Gasteiger partial charge in [-0.25, -0.2) is 9.78 Å². The van der Waals surface area contributed by atoms with Crippen LogP contribution in [0.25, 0.3) is 0 Å². The van der Waals surface area contributed by atoms with Gasteiger partial charge in [-0.05, 0) is 64.6 Å². The van der Waals surface area contributed by atoms with E-state index in [-0.39, 0.29) is 6.09 Å². The van der Waals surface area contributed by atoms with E-state index < -0.39 is 5.60 Å². The van der Waals surface area contributed by atoms with Gasteiger partial charge in [-0.2, -0.15) is 0 Å². The molecule has 1 aromatic rings. The van der Waals surface area contributed by atoms with E-state index >= 15 is 0 Å². The molecular weight excluding hydrogens is 314 g/mol. The van der Waals surface area contributed by atoms with Crippen molar-refractivity contribution >= 4 is 11.9 Å². The van der Waals surface area contributed by atoms with Gasteiger partial charge in [-0.1, -0.05) is 19.9 Å². The highest BCUT2D eigenvalue weighted by Crippen LogP contribution is 2.32. The molecule has 0 saturated carbocycles. The zero-order valence-electron chi connectivity index (χ0n) is 16.6. The fourth-order valence-electron chi connectivity index (χ4n) is 3.35. The number of pyridine rings is 1. The summed E-state index contributed by atoms with van der Waals surface area (Å²) in [5.74, 6) is 1.31. The first-order chi connectivity index (χ1) is 11.7. The van der Waals surface area contributed by atoms with Crippen LogP contribution in [0.15, 0.2) is 18.3 Å². The Morgan fingerprint density at radius 2 is 2.12 bits per heavy atom. The van der Waals surface area contributed by atoms with E-state index in [1.165, 1.54) is 18.4 Å². The third kappa shape index (κ3) is 5.43. The Balaban J connectivity index is 2.11. The molecule has 25 heavy (non-hydrogen) atoms. The quantitative estimate of drug-likeness (QED) is 0.778. The van der Waals surface area contributed by atoms with Gasteiger partial charge in [-0.15, -0.1) is 0 Å². The molecule has 1 atom stereocenters. The molecule has 140 valence electrons. The first-order valence-electron chi connectivity index (χ1n) is 9.41. The summed E-state index contributed by atoms with van der Waals surface area (Å²) in [4.78, 5) is 21.0. The minimum absolute atomic E-state index is 0.349. The fourth-order valence-corrected chi connectivity index (χ4v) is 3.35. The Hall–Kier alpha value is -1.62. The third-order valence-corrected chi connectivity index (χ3v) is 4.33. The summed E-state index contributed by atoms with van der Waals surface area (Å²) in [6.45, 7) is 14.9. The second-order valence-corrected chi connectivity index (χ2v) is 8.22. The van der Waals surface area contributed by atoms with Gasteiger partial charge >= 0.3 is 6.09 Å². The van der Waals surface area contributed by atoms with Gasteiger partial charge in [0.2, 0.25) is 0 Å². The van der Waals surface area contributed by atoms with Crippen molar-refractivity contribution in [2.24, 2.45) is 5.92 Å². The molecule has 0 aromatic carbocycles. The second kappa shape index (κ2) is 8.17. The average Bonchev–Trinajstić information content (AvgIpc) is 2.94. The molecule has 1 aromatic heterocycles. The number of amides is 1. The molecule has 5 nitrogen and oxygen atoms in total. The molecule has 2 heterocycles. The molecule has 1 fully saturated rings. The normalized spacial score (nSPS) is 18.6. The Bertz CT molecular complexity index is 563. The van der Waals surface area contributed by atoms with Gasteiger partial charge in [-0.3, -0.25) is 9.80 Å². The van der Waals surface area contributed by atoms with E-state index in [2.05, 4.69) is 29.8 Å². The second-order valence-electron chi connectivity index (χ2n) is 8.22. The predicted octanol–water partition coefficient (Wildman–Crippen LogP) is 4.64. The van der Waals surface area contributed by atoms with Gasteiger partial charge < -0.3 is 4.74 Å². The number of nitrogens with zero attached hydrogens (tertiary/aromatic N) is 3. The monoisotopic (exact) mass is 347 g/mol. The summed E-state index contributed by atoms with van der Waals surface area (Å²) >= 11 is 0. The van der Waals surface area contributed by atoms with E-state index in [1.54, 1.807) is 4.90 Å². The van der Waals surface area contributed by atoms with Crippen LogP contribution in [-0.2, 0) is 4.74 Å². The van der Waals surface area contributed by atoms with Crippen molar-refractivity contribution < 1.29 is 9.53 Å². The van der Waals surface area contributed by atoms with Gasteiger partial charge in [0.05, 0.1) is 0 Å². The molecule has 1 saturated heterocycles. The molecule has 1 aliphatic rings. The van der Waals surface area contributed by atoms with Gasteiger partial charge in [0.25, 0.3) is 0 Å². The molecule has 0 bridgehead atoms. The number of anilines is 1. The number of likely N-dealkylation sites (tertiary alicyclic amines) is 1. The van der Waals surface area contributed by atoms with Crippen LogP contribution in [0.5, 0.6) is 0 Å². The maximum absolute atomic E-state index is 12.4. The van der Waals surface area contributed by atoms with Crippen molar-refractivity contribution in [3.8, 4) is 0 Å². The van der Waals surface area contributed by atoms with E-state index in [9.17, 15) is 4.79 Å². The summed E-state index contributed by atoms with van der Waals surface area (Å²) < 4.78 is 5.47. The number of ether oxygens (including phenoxy) is 1. The van der Waals surface area contributed by atoms with E-state index in [0.29, 0.717) is 24.3 Å². The molecular formula is C20H33N3O2. The third-order valence-electron chi connectivity index (χ3n) is 4.33. The molecule has 2 rings (SSSR count). The minimum Gasteiger partial charge on any atom is -0.443 e. The van der Waals surface area contributed by atoms with Crippen LogP contribution in [0.1, 0.15) is 66.0 Å². The zero-order valence-corrected chi connectivity index (χ0v) is 16.6. The lowest BCUT2D eigenvalue weighted by Crippen LogP contribution is -2.37. The van der Waals surface area contributed by atoms with E-state index in [1.807, 2.05) is 40.0 Å². The maximum Gasteiger partial charge on any atom is 0.415 e. The topological polar surface area (TPSA) is 45.7 Å². The lowest BCUT2D eigenvalue weighted by Gasteiger charge is -2.28. The van der Waals surface area contributed by atoms with E-state index in [4.69, 9.17) is 4.74 Å². The van der Waals surface area contributed by atoms with Crippen LogP contribution < -0.4 is 4.90 Å². The summed E-state index contributed by atoms with van der Waals surface area (Å²) in [5, 5.41) is 0. The first kappa shape index (κ1) is 19.7. The Labute approximate surface area is 152 Å². The molecule has 5 heteroatoms. The Kier molecular flexibility index (Phi) is 6.44. The molecule has 0 radical (unpaired) electrons. The summed E-state index contributed by atoms with van der Waals surface area (Å²) in [6.07, 6.45) is 3.98. The molecule has 1 amide bonds. The van der Waals surface area contributed by atoms with Crippen molar-refractivity contribution in [2.75, 3.05) is 24.5 Å². The lowest BCUT2D eigenvalue weighted by molar-refractivity contribution is 0.0581. The van der Waals surface area contributed by atoms with Crippen molar-refractivity contribution in [3.63, 3.8) is 0 Å². The molecule has 0 aliphatic carbocycles. The highest BCUT2D eigenvalue weighted by molar-refractivity contribution is 5.86. The Morgan fingerprint density at radius 1 is 1.40 bits per heavy atom. The highest BCUT2D eigenvalue weighted by atomic mass is 16.6. The van der Waals surface area contributed by atoms with Crippen molar-refractivity contribution in [1.29, 1.82) is 0 Å². The van der Waals surface area contributed by atoms with Crippen LogP contribution in [0.4, 0.5) is 10.6 Å². The van der Waals surface area contributed by atoms with E-state index in [0.717, 1.165) is 13.1 Å². The summed E-state index contributed by atoms with van der Waals surface area (Å²) in [6, 6.07) is 4.49. The van der Waals surface area contributed by atoms with Crippen molar-refractivity contribution in [3.05, 3.63) is 23.9 Å². The fraction of sp³-hybridized carbons (Fsp3) is 0.700. The number of aromatic nitrogens is 1. The van der Waals surface area contributed by atoms with Crippen LogP contribution in [0, 0.1) is 5.92 Å². The largest absolute Gasteiger partial charge is 0.443 e. The van der Waals surface area contributed by atoms with Crippen LogP contribution in [-0.4, -0.2) is 41.2 Å². The van der Waals surface area contributed by atoms with Crippen LogP contribution >= 0.6 is 0 Å². The molecule has 0 N–H and O–H groups in total. The standard InChI is InChI=1S/C20H33N3O2/c1-7-23(19(24)25-20(4,5)6)18-11-10-16(13-21-18)17-9-8-12-22(17)14-15(2)3/h10-11,13,15,17H,7-9,12,14H2,1-6H3/t17-/m0/s1. The Morgan fingerprint density at radius 3 is 2.64 bits per heavy atom. The molecule has 0 unspecified atom stereocenters. The van der Waals surface area contributed by atoms with Gasteiger partial charge in [0.1, 0.15) is 11.4 Å². The number of carbonyl (C=O) groups excluding carboxylic acids is 1. The lowest BCUT2D eigenvalue weighted by atomic mass is 10.1. The molecule has 1 aliphatic heterocycles. The van der Waals surface area contributed by atoms with Crippen LogP contribution in [0.3, 0.4) is 0 Å². The van der Waals surface area contributed by atoms with Gasteiger partial charge in [0, 0.05) is 25.3 Å². The molecule has 0 spiro atoms. The first-order valence-corrected chi connectivity index (χ1v) is 9.41. The maximum atomic E-state index is 12.4. The average molecular weight is 348 g/mol. The number of carbonyl (C=O) groups is 1. The van der Waals surface area contributed by atoms with Crippen molar-refractivity contribution in [2.45, 2.75) is 66.0 Å². The van der Waals surface area contributed by atoms with Crippen molar-refractivity contribution in [1.82, 2.24) is 9.88 Å². The summed E-state index contributed by atoms with van der Waals surface area (Å²) in [7, 11) is 0. The number of rotatable bonds is 5. The number of hydrogen-bond donors (Lipinski definition) is 0.